The van der Waals surface area contributed by atoms with Gasteiger partial charge in [0, 0.05) is 107 Å². The molecule has 17 heteroatoms. The first-order valence-electron chi connectivity index (χ1n) is 21.7. The maximum absolute atomic E-state index is 14.1. The van der Waals surface area contributed by atoms with E-state index in [1.54, 1.807) is 57.6 Å². The van der Waals surface area contributed by atoms with Crippen molar-refractivity contribution >= 4 is 75.1 Å². The molecule has 6 rings (SSSR count). The van der Waals surface area contributed by atoms with Gasteiger partial charge in [-0.05, 0) is 86.2 Å². The molecule has 0 bridgehead atoms. The van der Waals surface area contributed by atoms with Gasteiger partial charge in [-0.1, -0.05) is 41.2 Å². The van der Waals surface area contributed by atoms with Crippen molar-refractivity contribution in [2.24, 2.45) is 11.3 Å². The number of nitrogens with zero attached hydrogens (tertiary/aromatic N) is 6. The molecule has 4 aromatic rings. The number of aromatic nitrogens is 3. The van der Waals surface area contributed by atoms with Gasteiger partial charge in [-0.3, -0.25) is 23.9 Å². The van der Waals surface area contributed by atoms with E-state index in [1.807, 2.05) is 32.2 Å². The standard InChI is InChI=1S/C44H63N9O5S2.CH4.CH3.Sb/c1-9-52-36-15-14-30(23-32(36)33(25-44(5,6)27-54)39(52)31-13-12-16-46-38(31)29(4)58-8)35-26-59-37(48-35)24-34(42(56)53-20-11-10-17-47-53)49-41(55)40(28(2)3)60-50(7)43(57)51-21-18-45-19-22-51;;;/h12-16,23,26,28-29,34,40,45,47,54H,9-11,17-22,24-25,27H2,1-8H3,(H,49,55);1H4;1H3;. The Hall–Kier alpha value is -3.24. The van der Waals surface area contributed by atoms with E-state index in [0.29, 0.717) is 32.6 Å². The molecule has 3 aromatic heterocycles. The van der Waals surface area contributed by atoms with Crippen LogP contribution in [0.25, 0.3) is 33.4 Å². The van der Waals surface area contributed by atoms with Crippen LogP contribution in [0.15, 0.2) is 41.9 Å². The Labute approximate surface area is 397 Å². The molecule has 2 aliphatic heterocycles. The molecule has 2 aliphatic rings. The predicted molar refractivity (Wildman–Crippen MR) is 259 cm³/mol. The fourth-order valence-corrected chi connectivity index (χ4v) is 9.76. The molecule has 3 atom stereocenters. The summed E-state index contributed by atoms with van der Waals surface area (Å²) in [6.07, 6.45) is 4.27. The van der Waals surface area contributed by atoms with Gasteiger partial charge in [-0.15, -0.1) is 11.3 Å². The Bertz CT molecular complexity index is 2120. The zero-order valence-corrected chi connectivity index (χ0v) is 42.0. The number of ether oxygens (including phenoxy) is 1. The summed E-state index contributed by atoms with van der Waals surface area (Å²) >= 11 is 4.42. The van der Waals surface area contributed by atoms with Crippen molar-refractivity contribution in [1.29, 1.82) is 0 Å². The minimum atomic E-state index is -0.864. The Kier molecular flexibility index (Phi) is 20.2. The third-order valence-corrected chi connectivity index (χ3v) is 13.7. The first-order chi connectivity index (χ1) is 29.8. The summed E-state index contributed by atoms with van der Waals surface area (Å²) in [6, 6.07) is 9.48. The van der Waals surface area contributed by atoms with E-state index in [1.165, 1.54) is 23.3 Å². The molecule has 0 saturated carbocycles. The number of piperazine rings is 1. The first-order valence-corrected chi connectivity index (χ1v) is 25.9. The molecular formula is C46H70N9O5S2Sb. The van der Waals surface area contributed by atoms with Crippen LogP contribution in [0.5, 0.6) is 0 Å². The topological polar surface area (TPSA) is 157 Å². The zero-order valence-electron chi connectivity index (χ0n) is 37.9. The monoisotopic (exact) mass is 1010 g/mol. The number of aliphatic hydroxyl groups is 1. The Morgan fingerprint density at radius 3 is 2.46 bits per heavy atom. The first kappa shape index (κ1) is 52.4. The Balaban J connectivity index is 0.00000286. The Morgan fingerprint density at radius 2 is 1.83 bits per heavy atom. The summed E-state index contributed by atoms with van der Waals surface area (Å²) in [7, 11) is 3.40. The Morgan fingerprint density at radius 1 is 1.10 bits per heavy atom. The van der Waals surface area contributed by atoms with E-state index < -0.39 is 11.3 Å². The maximum atomic E-state index is 14.1. The number of hydrogen-bond acceptors (Lipinski definition) is 11. The molecule has 4 N–H and O–H groups in total. The van der Waals surface area contributed by atoms with E-state index >= 15 is 0 Å². The van der Waals surface area contributed by atoms with Crippen LogP contribution in [0.1, 0.15) is 84.2 Å². The number of thiazole rings is 1. The predicted octanol–water partition coefficient (Wildman–Crippen LogP) is 6.74. The zero-order chi connectivity index (χ0) is 45.1. The van der Waals surface area contributed by atoms with Gasteiger partial charge in [0.1, 0.15) is 11.3 Å². The molecule has 4 amide bonds. The van der Waals surface area contributed by atoms with Gasteiger partial charge < -0.3 is 29.9 Å². The van der Waals surface area contributed by atoms with Crippen LogP contribution < -0.4 is 16.1 Å². The van der Waals surface area contributed by atoms with Crippen LogP contribution in [0, 0.1) is 11.3 Å². The van der Waals surface area contributed by atoms with Crippen molar-refractivity contribution in [2.75, 3.05) is 60.0 Å². The fourth-order valence-electron chi connectivity index (χ4n) is 7.96. The van der Waals surface area contributed by atoms with Crippen LogP contribution in [0.3, 0.4) is 0 Å². The number of amides is 4. The molecule has 346 valence electrons. The van der Waals surface area contributed by atoms with Crippen LogP contribution >= 0.6 is 23.3 Å². The molecule has 2 fully saturated rings. The number of nitrogens with one attached hydrogen (secondary N) is 3. The molecule has 14 nitrogen and oxygen atoms in total. The van der Waals surface area contributed by atoms with Gasteiger partial charge in [0.2, 0.25) is 5.91 Å². The summed E-state index contributed by atoms with van der Waals surface area (Å²) < 4.78 is 9.64. The third-order valence-electron chi connectivity index (χ3n) is 11.4. The van der Waals surface area contributed by atoms with E-state index in [4.69, 9.17) is 14.7 Å². The van der Waals surface area contributed by atoms with Crippen LogP contribution in [0.4, 0.5) is 4.79 Å². The van der Waals surface area contributed by atoms with Gasteiger partial charge in [0.15, 0.2) is 0 Å². The summed E-state index contributed by atoms with van der Waals surface area (Å²) in [6.45, 7) is 16.9. The third kappa shape index (κ3) is 12.8. The van der Waals surface area contributed by atoms with Gasteiger partial charge >= 0.3 is 33.9 Å². The number of urea groups is 1. The van der Waals surface area contributed by atoms with Crippen molar-refractivity contribution in [3.63, 3.8) is 0 Å². The number of carbonyl (C=O) groups excluding carboxylic acids is 3. The normalized spacial score (nSPS) is 15.9. The number of carbonyl (C=O) groups is 3. The number of aliphatic hydroxyl groups excluding tert-OH is 1. The summed E-state index contributed by atoms with van der Waals surface area (Å²) in [5.41, 5.74) is 9.68. The number of rotatable bonds is 16. The molecule has 1 aromatic carbocycles. The molecular weight excluding hydrogens is 944 g/mol. The SMILES string of the molecule is C.CCn1c(-c2cccnc2C(C)OC)c(CC(C)(C)CO)c2cc(-c3csc(CC(NC(=O)C(SN(C)C(=O)N4CCNCC4)C(C)C)C(=O)N4CCCCN4)n3)ccc21.[CH3][Sb]. The number of pyridine rings is 1. The van der Waals surface area contributed by atoms with Crippen molar-refractivity contribution in [2.45, 2.75) is 103 Å². The van der Waals surface area contributed by atoms with Crippen LogP contribution in [-0.2, 0) is 33.7 Å². The number of benzene rings is 1. The average molecular weight is 1020 g/mol. The quantitative estimate of drug-likeness (QED) is 0.0701. The summed E-state index contributed by atoms with van der Waals surface area (Å²) in [5.74, 6) is -0.609. The number of hydrazine groups is 1. The van der Waals surface area contributed by atoms with Crippen molar-refractivity contribution in [3.05, 3.63) is 58.2 Å². The number of fused-ring (bicyclic) bond motifs is 1. The molecule has 3 unspecified atom stereocenters. The molecule has 0 aliphatic carbocycles. The van der Waals surface area contributed by atoms with Gasteiger partial charge in [0.25, 0.3) is 5.91 Å². The summed E-state index contributed by atoms with van der Waals surface area (Å²) in [5, 5.41) is 21.7. The van der Waals surface area contributed by atoms with E-state index in [0.717, 1.165) is 82.2 Å². The van der Waals surface area contributed by atoms with Crippen LogP contribution in [0.2, 0.25) is 4.87 Å². The average Bonchev–Trinajstić information content (AvgIpc) is 3.89. The van der Waals surface area contributed by atoms with Gasteiger partial charge in [0.05, 0.1) is 28.2 Å². The molecule has 2 saturated heterocycles. The number of methoxy groups -OCH3 is 1. The van der Waals surface area contributed by atoms with Gasteiger partial charge in [-0.25, -0.2) is 15.2 Å². The van der Waals surface area contributed by atoms with Gasteiger partial charge in [-0.2, -0.15) is 0 Å². The van der Waals surface area contributed by atoms with Crippen molar-refractivity contribution in [1.82, 2.24) is 44.8 Å². The van der Waals surface area contributed by atoms with E-state index in [2.05, 4.69) is 70.5 Å². The molecule has 5 heterocycles. The second-order valence-corrected chi connectivity index (χ2v) is 19.1. The number of hydrogen-bond donors (Lipinski definition) is 4. The second-order valence-electron chi connectivity index (χ2n) is 16.9. The second kappa shape index (κ2) is 24.3. The van der Waals surface area contributed by atoms with Crippen molar-refractivity contribution in [3.8, 4) is 22.5 Å². The van der Waals surface area contributed by atoms with Crippen molar-refractivity contribution < 1.29 is 24.2 Å². The molecule has 2 radical (unpaired) electrons. The van der Waals surface area contributed by atoms with E-state index in [9.17, 15) is 19.5 Å². The fraction of sp³-hybridized carbons (Fsp3) is 0.587. The van der Waals surface area contributed by atoms with E-state index in [-0.39, 0.29) is 55.7 Å². The molecule has 0 spiro atoms. The molecule has 63 heavy (non-hydrogen) atoms. The summed E-state index contributed by atoms with van der Waals surface area (Å²) in [4.78, 5) is 55.2. The number of aryl methyl sites for hydroxylation is 1. The van der Waals surface area contributed by atoms with Crippen LogP contribution in [-0.4, -0.2) is 146 Å². The minimum absolute atomic E-state index is 0.